The van der Waals surface area contributed by atoms with Gasteiger partial charge >= 0.3 is 0 Å². The molecule has 9 nitrogen and oxygen atoms in total. The van der Waals surface area contributed by atoms with E-state index in [4.69, 9.17) is 4.98 Å². The summed E-state index contributed by atoms with van der Waals surface area (Å²) in [6.45, 7) is 4.83. The van der Waals surface area contributed by atoms with Crippen molar-refractivity contribution < 1.29 is 0 Å². The summed E-state index contributed by atoms with van der Waals surface area (Å²) in [5.41, 5.74) is 9.99. The van der Waals surface area contributed by atoms with Gasteiger partial charge < -0.3 is 4.40 Å². The summed E-state index contributed by atoms with van der Waals surface area (Å²) in [7, 11) is 0. The molecule has 0 spiro atoms. The van der Waals surface area contributed by atoms with Crippen molar-refractivity contribution in [3.8, 4) is 11.3 Å². The monoisotopic (exact) mass is 361 g/mol. The lowest BCUT2D eigenvalue weighted by Crippen LogP contribution is -2.35. The molecule has 0 radical (unpaired) electrons. The van der Waals surface area contributed by atoms with Gasteiger partial charge in [0.25, 0.3) is 0 Å². The molecule has 0 fully saturated rings. The number of fused-ring (bicyclic) bond motifs is 2. The first kappa shape index (κ1) is 15.8. The minimum absolute atomic E-state index is 0.305. The lowest BCUT2D eigenvalue weighted by atomic mass is 10.2. The fourth-order valence-electron chi connectivity index (χ4n) is 3.08. The van der Waals surface area contributed by atoms with E-state index in [1.165, 1.54) is 0 Å². The van der Waals surface area contributed by atoms with E-state index in [0.29, 0.717) is 18.4 Å². The number of pyridine rings is 1. The maximum absolute atomic E-state index is 4.79. The van der Waals surface area contributed by atoms with E-state index in [-0.39, 0.29) is 0 Å². The molecule has 0 amide bonds. The molecule has 4 aromatic rings. The van der Waals surface area contributed by atoms with Crippen LogP contribution in [0.1, 0.15) is 25.5 Å². The van der Waals surface area contributed by atoms with Crippen LogP contribution in [-0.2, 0) is 6.54 Å². The summed E-state index contributed by atoms with van der Waals surface area (Å²) in [4.78, 5) is 13.6. The van der Waals surface area contributed by atoms with Crippen LogP contribution in [0, 0.1) is 0 Å². The van der Waals surface area contributed by atoms with Gasteiger partial charge in [0.1, 0.15) is 5.65 Å². The molecule has 136 valence electrons. The van der Waals surface area contributed by atoms with Crippen molar-refractivity contribution in [1.29, 1.82) is 0 Å². The van der Waals surface area contributed by atoms with E-state index in [1.807, 2.05) is 38.7 Å². The van der Waals surface area contributed by atoms with E-state index in [1.54, 1.807) is 12.4 Å². The molecular weight excluding hydrogens is 342 g/mol. The van der Waals surface area contributed by atoms with Crippen LogP contribution in [0.5, 0.6) is 0 Å². The predicted octanol–water partition coefficient (Wildman–Crippen LogP) is 2.42. The SMILES string of the molecule is CC(C)n1cc(-c2cnc3c(n2)N(Cc2ccc4nccn4c2)NN3)cn1. The average molecular weight is 361 g/mol. The molecule has 0 aliphatic carbocycles. The molecule has 1 aliphatic heterocycles. The van der Waals surface area contributed by atoms with Crippen molar-refractivity contribution >= 4 is 17.3 Å². The van der Waals surface area contributed by atoms with E-state index >= 15 is 0 Å². The van der Waals surface area contributed by atoms with Crippen LogP contribution >= 0.6 is 0 Å². The second-order valence-electron chi connectivity index (χ2n) is 6.78. The third-order valence-electron chi connectivity index (χ3n) is 4.54. The van der Waals surface area contributed by atoms with Crippen molar-refractivity contribution in [1.82, 2.24) is 34.7 Å². The molecule has 1 aliphatic rings. The number of hydrazine groups is 2. The Hall–Kier alpha value is -3.46. The fraction of sp³-hybridized carbons (Fsp3) is 0.222. The molecule has 27 heavy (non-hydrogen) atoms. The molecule has 0 saturated heterocycles. The minimum atomic E-state index is 0.305. The number of aromatic nitrogens is 6. The summed E-state index contributed by atoms with van der Waals surface area (Å²) in [6.07, 6.45) is 11.4. The van der Waals surface area contributed by atoms with E-state index in [0.717, 1.165) is 28.3 Å². The van der Waals surface area contributed by atoms with Crippen molar-refractivity contribution in [3.05, 3.63) is 54.9 Å². The molecule has 4 aromatic heterocycles. The Labute approximate surface area is 155 Å². The Kier molecular flexibility index (Phi) is 3.54. The van der Waals surface area contributed by atoms with E-state index < -0.39 is 0 Å². The quantitative estimate of drug-likeness (QED) is 0.577. The number of hydrogen-bond acceptors (Lipinski definition) is 7. The number of hydrogen-bond donors (Lipinski definition) is 2. The lowest BCUT2D eigenvalue weighted by Gasteiger charge is -2.17. The molecular formula is C18H19N9. The van der Waals surface area contributed by atoms with Crippen molar-refractivity contribution in [2.45, 2.75) is 26.4 Å². The Morgan fingerprint density at radius 2 is 2.04 bits per heavy atom. The van der Waals surface area contributed by atoms with Crippen LogP contribution in [0.15, 0.2) is 49.3 Å². The number of rotatable bonds is 4. The molecule has 0 atom stereocenters. The first-order valence-corrected chi connectivity index (χ1v) is 8.80. The number of anilines is 2. The summed E-state index contributed by atoms with van der Waals surface area (Å²) in [6, 6.07) is 4.37. The zero-order valence-corrected chi connectivity index (χ0v) is 15.0. The highest BCUT2D eigenvalue weighted by Crippen LogP contribution is 2.29. The Morgan fingerprint density at radius 1 is 1.11 bits per heavy atom. The molecule has 2 N–H and O–H groups in total. The highest BCUT2D eigenvalue weighted by Gasteiger charge is 2.23. The van der Waals surface area contributed by atoms with Gasteiger partial charge in [-0.05, 0) is 25.5 Å². The summed E-state index contributed by atoms with van der Waals surface area (Å²) in [5, 5.41) is 6.33. The van der Waals surface area contributed by atoms with Crippen molar-refractivity contribution in [2.24, 2.45) is 0 Å². The molecule has 0 unspecified atom stereocenters. The van der Waals surface area contributed by atoms with Gasteiger partial charge in [0.2, 0.25) is 0 Å². The van der Waals surface area contributed by atoms with Crippen LogP contribution in [-0.4, -0.2) is 29.1 Å². The molecule has 0 aromatic carbocycles. The van der Waals surface area contributed by atoms with Crippen LogP contribution in [0.2, 0.25) is 0 Å². The summed E-state index contributed by atoms with van der Waals surface area (Å²) >= 11 is 0. The second kappa shape index (κ2) is 6.06. The molecule has 5 rings (SSSR count). The van der Waals surface area contributed by atoms with Crippen LogP contribution in [0.25, 0.3) is 16.9 Å². The molecule has 0 bridgehead atoms. The van der Waals surface area contributed by atoms with Gasteiger partial charge in [-0.3, -0.25) is 15.1 Å². The maximum Gasteiger partial charge on any atom is 0.190 e. The van der Waals surface area contributed by atoms with Gasteiger partial charge in [0.15, 0.2) is 11.6 Å². The smallest absolute Gasteiger partial charge is 0.190 e. The van der Waals surface area contributed by atoms with Gasteiger partial charge in [0, 0.05) is 36.4 Å². The average Bonchev–Trinajstić information content (AvgIpc) is 3.41. The van der Waals surface area contributed by atoms with E-state index in [2.05, 4.69) is 52.1 Å². The number of nitrogens with one attached hydrogen (secondary N) is 2. The first-order valence-electron chi connectivity index (χ1n) is 8.80. The summed E-state index contributed by atoms with van der Waals surface area (Å²) < 4.78 is 3.92. The predicted molar refractivity (Wildman–Crippen MR) is 102 cm³/mol. The minimum Gasteiger partial charge on any atom is -0.307 e. The van der Waals surface area contributed by atoms with Gasteiger partial charge in [0.05, 0.1) is 24.6 Å². The standard InChI is InChI=1S/C18H19N9/c1-12(2)26-11-14(7-21-26)15-8-20-17-18(22-15)27(24-23-17)10-13-3-4-16-19-5-6-25(16)9-13/h3-9,11-12,24H,10H2,1-2H3,(H,20,23). The molecule has 0 saturated carbocycles. The first-order chi connectivity index (χ1) is 13.2. The highest BCUT2D eigenvalue weighted by atomic mass is 15.7. The van der Waals surface area contributed by atoms with Crippen molar-refractivity contribution in [2.75, 3.05) is 10.4 Å². The second-order valence-corrected chi connectivity index (χ2v) is 6.78. The zero-order chi connectivity index (χ0) is 18.4. The van der Waals surface area contributed by atoms with Gasteiger partial charge in [-0.1, -0.05) is 6.07 Å². The Bertz CT molecular complexity index is 1110. The topological polar surface area (TPSA) is 88.2 Å². The van der Waals surface area contributed by atoms with Gasteiger partial charge in [-0.2, -0.15) is 5.10 Å². The Morgan fingerprint density at radius 3 is 2.89 bits per heavy atom. The fourth-order valence-corrected chi connectivity index (χ4v) is 3.08. The molecule has 9 heteroatoms. The zero-order valence-electron chi connectivity index (χ0n) is 15.0. The maximum atomic E-state index is 4.79. The Balaban J connectivity index is 1.44. The van der Waals surface area contributed by atoms with Gasteiger partial charge in [-0.15, -0.1) is 5.53 Å². The largest absolute Gasteiger partial charge is 0.307 e. The third-order valence-corrected chi connectivity index (χ3v) is 4.54. The summed E-state index contributed by atoms with van der Waals surface area (Å²) in [5.74, 6) is 1.47. The van der Waals surface area contributed by atoms with Crippen LogP contribution < -0.4 is 16.0 Å². The number of imidazole rings is 1. The lowest BCUT2D eigenvalue weighted by molar-refractivity contribution is 0.532. The van der Waals surface area contributed by atoms with Gasteiger partial charge in [-0.25, -0.2) is 15.0 Å². The third kappa shape index (κ3) is 2.77. The van der Waals surface area contributed by atoms with Crippen molar-refractivity contribution in [3.63, 3.8) is 0 Å². The van der Waals surface area contributed by atoms with E-state index in [9.17, 15) is 0 Å². The normalized spacial score (nSPS) is 13.4. The molecule has 5 heterocycles. The number of nitrogens with zero attached hydrogens (tertiary/aromatic N) is 7. The highest BCUT2D eigenvalue weighted by molar-refractivity contribution is 5.69. The van der Waals surface area contributed by atoms with Crippen LogP contribution in [0.3, 0.4) is 0 Å². The van der Waals surface area contributed by atoms with Crippen LogP contribution in [0.4, 0.5) is 11.6 Å².